The van der Waals surface area contributed by atoms with Gasteiger partial charge in [-0.1, -0.05) is 55.9 Å². The van der Waals surface area contributed by atoms with E-state index in [4.69, 9.17) is 9.47 Å². The van der Waals surface area contributed by atoms with Crippen LogP contribution in [-0.2, 0) is 9.47 Å². The van der Waals surface area contributed by atoms with Gasteiger partial charge in [0.1, 0.15) is 27.1 Å². The van der Waals surface area contributed by atoms with Crippen LogP contribution in [0.15, 0.2) is 30.3 Å². The lowest BCUT2D eigenvalue weighted by atomic mass is 10.1. The van der Waals surface area contributed by atoms with E-state index in [1.807, 2.05) is 30.3 Å². The highest BCUT2D eigenvalue weighted by Gasteiger charge is 2.20. The SMILES string of the molecule is COCO[C@@H](C#C[Si](C)(C)C)[C@H](O)c1ccccc1. The summed E-state index contributed by atoms with van der Waals surface area (Å²) in [6, 6.07) is 9.42. The molecule has 0 spiro atoms. The lowest BCUT2D eigenvalue weighted by Crippen LogP contribution is -2.24. The summed E-state index contributed by atoms with van der Waals surface area (Å²) in [6.45, 7) is 6.59. The van der Waals surface area contributed by atoms with Gasteiger partial charge in [-0.05, 0) is 5.56 Å². The molecule has 0 aliphatic heterocycles. The van der Waals surface area contributed by atoms with Gasteiger partial charge in [0.15, 0.2) is 0 Å². The van der Waals surface area contributed by atoms with E-state index in [0.29, 0.717) is 0 Å². The highest BCUT2D eigenvalue weighted by molar-refractivity contribution is 6.83. The van der Waals surface area contributed by atoms with Crippen molar-refractivity contribution >= 4 is 8.07 Å². The van der Waals surface area contributed by atoms with Crippen LogP contribution < -0.4 is 0 Å². The van der Waals surface area contributed by atoms with Crippen molar-refractivity contribution in [2.45, 2.75) is 31.8 Å². The molecule has 3 nitrogen and oxygen atoms in total. The second-order valence-corrected chi connectivity index (χ2v) is 10.1. The molecular weight excluding hydrogens is 256 g/mol. The minimum Gasteiger partial charge on any atom is -0.385 e. The molecular formula is C15H22O3Si. The number of aliphatic hydroxyl groups is 1. The van der Waals surface area contributed by atoms with Gasteiger partial charge in [0.25, 0.3) is 0 Å². The van der Waals surface area contributed by atoms with Gasteiger partial charge in [-0.2, -0.15) is 0 Å². The highest BCUT2D eigenvalue weighted by Crippen LogP contribution is 2.18. The van der Waals surface area contributed by atoms with E-state index < -0.39 is 20.3 Å². The summed E-state index contributed by atoms with van der Waals surface area (Å²) in [5.74, 6) is 3.05. The number of ether oxygens (including phenoxy) is 2. The van der Waals surface area contributed by atoms with E-state index >= 15 is 0 Å². The van der Waals surface area contributed by atoms with Crippen LogP contribution in [0.5, 0.6) is 0 Å². The second kappa shape index (κ2) is 7.46. The molecule has 0 saturated carbocycles. The van der Waals surface area contributed by atoms with Crippen molar-refractivity contribution in [1.82, 2.24) is 0 Å². The molecule has 1 rings (SSSR count). The van der Waals surface area contributed by atoms with Crippen LogP contribution in [0.25, 0.3) is 0 Å². The zero-order valence-corrected chi connectivity index (χ0v) is 13.0. The fourth-order valence-electron chi connectivity index (χ4n) is 1.47. The number of hydrogen-bond acceptors (Lipinski definition) is 3. The lowest BCUT2D eigenvalue weighted by molar-refractivity contribution is -0.0904. The van der Waals surface area contributed by atoms with Crippen LogP contribution in [-0.4, -0.2) is 33.2 Å². The van der Waals surface area contributed by atoms with Gasteiger partial charge in [-0.3, -0.25) is 0 Å². The zero-order chi connectivity index (χ0) is 14.3. The maximum atomic E-state index is 10.3. The summed E-state index contributed by atoms with van der Waals surface area (Å²) >= 11 is 0. The summed E-state index contributed by atoms with van der Waals surface area (Å²) < 4.78 is 10.4. The number of aliphatic hydroxyl groups excluding tert-OH is 1. The molecule has 0 bridgehead atoms. The van der Waals surface area contributed by atoms with E-state index in [1.165, 1.54) is 0 Å². The van der Waals surface area contributed by atoms with Gasteiger partial charge in [0.2, 0.25) is 0 Å². The molecule has 0 fully saturated rings. The molecule has 4 heteroatoms. The molecule has 104 valence electrons. The monoisotopic (exact) mass is 278 g/mol. The normalized spacial score (nSPS) is 14.4. The predicted molar refractivity (Wildman–Crippen MR) is 79.3 cm³/mol. The van der Waals surface area contributed by atoms with Crippen molar-refractivity contribution in [3.05, 3.63) is 35.9 Å². The second-order valence-electron chi connectivity index (χ2n) is 5.37. The molecule has 0 aliphatic carbocycles. The van der Waals surface area contributed by atoms with Crippen LogP contribution in [0.3, 0.4) is 0 Å². The molecule has 2 atom stereocenters. The minimum absolute atomic E-state index is 0.120. The molecule has 19 heavy (non-hydrogen) atoms. The standard InChI is InChI=1S/C15H22O3Si/c1-17-12-18-14(10-11-19(2,3)4)15(16)13-8-6-5-7-9-13/h5-9,14-16H,12H2,1-4H3/t14-,15+/m0/s1. The molecule has 1 aromatic rings. The van der Waals surface area contributed by atoms with Gasteiger partial charge in [0, 0.05) is 7.11 Å². The third kappa shape index (κ3) is 6.04. The van der Waals surface area contributed by atoms with Crippen LogP contribution in [0.1, 0.15) is 11.7 Å². The van der Waals surface area contributed by atoms with Crippen molar-refractivity contribution < 1.29 is 14.6 Å². The molecule has 1 N–H and O–H groups in total. The summed E-state index contributed by atoms with van der Waals surface area (Å²) in [5.41, 5.74) is 4.03. The molecule has 1 aromatic carbocycles. The van der Waals surface area contributed by atoms with Crippen molar-refractivity contribution in [3.8, 4) is 11.5 Å². The molecule has 0 amide bonds. The van der Waals surface area contributed by atoms with Gasteiger partial charge in [0.05, 0.1) is 0 Å². The topological polar surface area (TPSA) is 38.7 Å². The molecule has 0 aliphatic rings. The molecule has 0 saturated heterocycles. The zero-order valence-electron chi connectivity index (χ0n) is 12.0. The number of benzene rings is 1. The van der Waals surface area contributed by atoms with E-state index in [-0.39, 0.29) is 6.79 Å². The Hall–Kier alpha value is -1.12. The Kier molecular flexibility index (Phi) is 6.26. The van der Waals surface area contributed by atoms with Gasteiger partial charge >= 0.3 is 0 Å². The van der Waals surface area contributed by atoms with E-state index in [0.717, 1.165) is 5.56 Å². The average molecular weight is 278 g/mol. The smallest absolute Gasteiger partial charge is 0.150 e. The first-order valence-electron chi connectivity index (χ1n) is 6.30. The maximum Gasteiger partial charge on any atom is 0.150 e. The number of methoxy groups -OCH3 is 1. The number of rotatable bonds is 5. The first kappa shape index (κ1) is 15.9. The Balaban J connectivity index is 2.86. The Labute approximate surface area is 116 Å². The number of hydrogen-bond donors (Lipinski definition) is 1. The Morgan fingerprint density at radius 1 is 1.21 bits per heavy atom. The van der Waals surface area contributed by atoms with Crippen LogP contribution in [0.2, 0.25) is 19.6 Å². The molecule has 0 aromatic heterocycles. The first-order valence-corrected chi connectivity index (χ1v) is 9.80. The third-order valence-electron chi connectivity index (χ3n) is 2.38. The Morgan fingerprint density at radius 3 is 2.37 bits per heavy atom. The van der Waals surface area contributed by atoms with E-state index in [9.17, 15) is 5.11 Å². The van der Waals surface area contributed by atoms with Crippen LogP contribution >= 0.6 is 0 Å². The summed E-state index contributed by atoms with van der Waals surface area (Å²) in [5, 5.41) is 10.3. The maximum absolute atomic E-state index is 10.3. The quantitative estimate of drug-likeness (QED) is 0.511. The van der Waals surface area contributed by atoms with E-state index in [1.54, 1.807) is 7.11 Å². The first-order chi connectivity index (χ1) is 8.94. The largest absolute Gasteiger partial charge is 0.385 e. The third-order valence-corrected chi connectivity index (χ3v) is 3.28. The molecule has 0 unspecified atom stereocenters. The minimum atomic E-state index is -1.50. The molecule has 0 radical (unpaired) electrons. The van der Waals surface area contributed by atoms with Crippen molar-refractivity contribution in [2.24, 2.45) is 0 Å². The van der Waals surface area contributed by atoms with Crippen LogP contribution in [0, 0.1) is 11.5 Å². The van der Waals surface area contributed by atoms with Crippen LogP contribution in [0.4, 0.5) is 0 Å². The highest BCUT2D eigenvalue weighted by atomic mass is 28.3. The summed E-state index contributed by atoms with van der Waals surface area (Å²) in [6.07, 6.45) is -1.32. The Morgan fingerprint density at radius 2 is 1.84 bits per heavy atom. The van der Waals surface area contributed by atoms with Gasteiger partial charge < -0.3 is 14.6 Å². The van der Waals surface area contributed by atoms with E-state index in [2.05, 4.69) is 31.1 Å². The summed E-state index contributed by atoms with van der Waals surface area (Å²) in [4.78, 5) is 0. The fraction of sp³-hybridized carbons (Fsp3) is 0.467. The average Bonchev–Trinajstić information content (AvgIpc) is 2.38. The summed E-state index contributed by atoms with van der Waals surface area (Å²) in [7, 11) is 0.0544. The lowest BCUT2D eigenvalue weighted by Gasteiger charge is -2.19. The Bertz CT molecular complexity index is 428. The van der Waals surface area contributed by atoms with Crippen molar-refractivity contribution in [1.29, 1.82) is 0 Å². The van der Waals surface area contributed by atoms with Gasteiger partial charge in [-0.25, -0.2) is 0 Å². The van der Waals surface area contributed by atoms with Crippen molar-refractivity contribution in [2.75, 3.05) is 13.9 Å². The predicted octanol–water partition coefficient (Wildman–Crippen LogP) is 2.59. The fourth-order valence-corrected chi connectivity index (χ4v) is 2.04. The van der Waals surface area contributed by atoms with Gasteiger partial charge in [-0.15, -0.1) is 5.54 Å². The van der Waals surface area contributed by atoms with Crippen molar-refractivity contribution in [3.63, 3.8) is 0 Å². The molecule has 0 heterocycles.